The fourth-order valence-electron chi connectivity index (χ4n) is 3.28. The van der Waals surface area contributed by atoms with Crippen molar-refractivity contribution in [3.05, 3.63) is 53.7 Å². The summed E-state index contributed by atoms with van der Waals surface area (Å²) in [4.78, 5) is 31.2. The van der Waals surface area contributed by atoms with Crippen LogP contribution in [-0.2, 0) is 11.0 Å². The lowest BCUT2D eigenvalue weighted by Crippen LogP contribution is -2.49. The van der Waals surface area contributed by atoms with Gasteiger partial charge in [-0.15, -0.1) is 0 Å². The molecule has 0 spiro atoms. The second-order valence-corrected chi connectivity index (χ2v) is 7.30. The minimum Gasteiger partial charge on any atom is -0.494 e. The van der Waals surface area contributed by atoms with E-state index >= 15 is 0 Å². The maximum atomic E-state index is 12.7. The Balaban J connectivity index is 1.38. The molecule has 0 atom stereocenters. The highest BCUT2D eigenvalue weighted by atomic mass is 19.4. The predicted molar refractivity (Wildman–Crippen MR) is 109 cm³/mol. The zero-order valence-corrected chi connectivity index (χ0v) is 17.2. The number of nitrogens with zero attached hydrogens (tertiary/aromatic N) is 3. The number of rotatable bonds is 7. The first kappa shape index (κ1) is 22.6. The number of pyridine rings is 1. The lowest BCUT2D eigenvalue weighted by atomic mass is 10.1. The van der Waals surface area contributed by atoms with E-state index < -0.39 is 11.7 Å². The number of benzene rings is 1. The number of anilines is 1. The van der Waals surface area contributed by atoms with Gasteiger partial charge in [-0.1, -0.05) is 0 Å². The number of carbonyl (C=O) groups excluding carboxylic acids is 2. The Labute approximate surface area is 178 Å². The Morgan fingerprint density at radius 2 is 1.71 bits per heavy atom. The molecule has 31 heavy (non-hydrogen) atoms. The van der Waals surface area contributed by atoms with E-state index in [2.05, 4.69) is 4.98 Å². The molecule has 1 amide bonds. The summed E-state index contributed by atoms with van der Waals surface area (Å²) < 4.78 is 43.6. The van der Waals surface area contributed by atoms with Crippen molar-refractivity contribution in [3.8, 4) is 5.75 Å². The third-order valence-electron chi connectivity index (χ3n) is 5.10. The van der Waals surface area contributed by atoms with Gasteiger partial charge in [0, 0.05) is 44.4 Å². The number of alkyl halides is 3. The molecule has 3 rings (SSSR count). The molecule has 0 bridgehead atoms. The molecule has 0 radical (unpaired) electrons. The lowest BCUT2D eigenvalue weighted by molar-refractivity contribution is -0.138. The van der Waals surface area contributed by atoms with Crippen molar-refractivity contribution in [3.63, 3.8) is 0 Å². The van der Waals surface area contributed by atoms with Gasteiger partial charge >= 0.3 is 6.18 Å². The fraction of sp³-hybridized carbons (Fsp3) is 0.409. The summed E-state index contributed by atoms with van der Waals surface area (Å²) in [6, 6.07) is 9.25. The van der Waals surface area contributed by atoms with E-state index in [0.29, 0.717) is 62.8 Å². The third kappa shape index (κ3) is 6.19. The summed E-state index contributed by atoms with van der Waals surface area (Å²) in [7, 11) is 0. The first-order valence-electron chi connectivity index (χ1n) is 10.0. The van der Waals surface area contributed by atoms with Crippen LogP contribution in [0.25, 0.3) is 0 Å². The average Bonchev–Trinajstić information content (AvgIpc) is 2.76. The molecule has 1 aliphatic heterocycles. The number of hydrogen-bond acceptors (Lipinski definition) is 5. The van der Waals surface area contributed by atoms with Gasteiger partial charge in [-0.05, 0) is 49.7 Å². The molecule has 0 saturated carbocycles. The molecule has 0 N–H and O–H groups in total. The molecule has 0 unspecified atom stereocenters. The monoisotopic (exact) mass is 435 g/mol. The number of ketones is 1. The van der Waals surface area contributed by atoms with Crippen molar-refractivity contribution in [1.29, 1.82) is 0 Å². The predicted octanol–water partition coefficient (Wildman–Crippen LogP) is 3.81. The third-order valence-corrected chi connectivity index (χ3v) is 5.10. The van der Waals surface area contributed by atoms with E-state index in [4.69, 9.17) is 4.74 Å². The molecular weight excluding hydrogens is 411 g/mol. The SMILES string of the molecule is CC(=O)c1ccc(OCCCC(=O)N2CCN(c3ccc(C(F)(F)F)cn3)CC2)cc1. The van der Waals surface area contributed by atoms with Crippen LogP contribution in [0.1, 0.15) is 35.7 Å². The summed E-state index contributed by atoms with van der Waals surface area (Å²) in [6.07, 6.45) is -2.66. The minimum absolute atomic E-state index is 0.00801. The number of Topliss-reactive ketones (excluding diaryl/α,β-unsaturated/α-hetero) is 1. The Hall–Kier alpha value is -3.10. The van der Waals surface area contributed by atoms with Crippen LogP contribution in [0.2, 0.25) is 0 Å². The summed E-state index contributed by atoms with van der Waals surface area (Å²) in [5.41, 5.74) is -0.157. The van der Waals surface area contributed by atoms with Crippen LogP contribution in [0.3, 0.4) is 0 Å². The van der Waals surface area contributed by atoms with Crippen LogP contribution in [0.15, 0.2) is 42.6 Å². The second kappa shape index (κ2) is 9.80. The molecule has 2 heterocycles. The first-order chi connectivity index (χ1) is 14.7. The number of piperazine rings is 1. The van der Waals surface area contributed by atoms with Gasteiger partial charge in [0.2, 0.25) is 5.91 Å². The van der Waals surface area contributed by atoms with Crippen molar-refractivity contribution in [2.24, 2.45) is 0 Å². The number of aromatic nitrogens is 1. The standard InChI is InChI=1S/C22H24F3N3O3/c1-16(29)17-4-7-19(8-5-17)31-14-2-3-21(30)28-12-10-27(11-13-28)20-9-6-18(15-26-20)22(23,24)25/h4-9,15H,2-3,10-14H2,1H3. The maximum absolute atomic E-state index is 12.7. The summed E-state index contributed by atoms with van der Waals surface area (Å²) >= 11 is 0. The quantitative estimate of drug-likeness (QED) is 0.489. The Morgan fingerprint density at radius 3 is 2.26 bits per heavy atom. The van der Waals surface area contributed by atoms with E-state index in [-0.39, 0.29) is 11.7 Å². The van der Waals surface area contributed by atoms with Gasteiger partial charge in [0.15, 0.2) is 5.78 Å². The van der Waals surface area contributed by atoms with E-state index in [9.17, 15) is 22.8 Å². The zero-order chi connectivity index (χ0) is 22.4. The van der Waals surface area contributed by atoms with Crippen LogP contribution in [0.4, 0.5) is 19.0 Å². The number of halogens is 3. The normalized spacial score (nSPS) is 14.5. The van der Waals surface area contributed by atoms with E-state index in [1.54, 1.807) is 29.2 Å². The van der Waals surface area contributed by atoms with Crippen molar-refractivity contribution in [1.82, 2.24) is 9.88 Å². The maximum Gasteiger partial charge on any atom is 0.417 e. The van der Waals surface area contributed by atoms with Crippen molar-refractivity contribution >= 4 is 17.5 Å². The van der Waals surface area contributed by atoms with E-state index in [1.807, 2.05) is 4.90 Å². The van der Waals surface area contributed by atoms with Crippen LogP contribution in [-0.4, -0.2) is 54.4 Å². The molecule has 1 fully saturated rings. The smallest absolute Gasteiger partial charge is 0.417 e. The topological polar surface area (TPSA) is 62.7 Å². The molecule has 6 nitrogen and oxygen atoms in total. The van der Waals surface area contributed by atoms with Gasteiger partial charge in [-0.25, -0.2) is 4.98 Å². The van der Waals surface area contributed by atoms with Crippen molar-refractivity contribution in [2.45, 2.75) is 25.9 Å². The first-order valence-corrected chi connectivity index (χ1v) is 10.0. The molecule has 2 aromatic rings. The number of hydrogen-bond donors (Lipinski definition) is 0. The highest BCUT2D eigenvalue weighted by molar-refractivity contribution is 5.94. The summed E-state index contributed by atoms with van der Waals surface area (Å²) in [5.74, 6) is 1.14. The van der Waals surface area contributed by atoms with Gasteiger partial charge in [-0.3, -0.25) is 9.59 Å². The Bertz CT molecular complexity index is 891. The fourth-order valence-corrected chi connectivity index (χ4v) is 3.28. The Kier molecular flexibility index (Phi) is 7.14. The van der Waals surface area contributed by atoms with Gasteiger partial charge in [-0.2, -0.15) is 13.2 Å². The number of carbonyl (C=O) groups is 2. The van der Waals surface area contributed by atoms with Crippen molar-refractivity contribution in [2.75, 3.05) is 37.7 Å². The van der Waals surface area contributed by atoms with Crippen LogP contribution < -0.4 is 9.64 Å². The average molecular weight is 435 g/mol. The van der Waals surface area contributed by atoms with Crippen LogP contribution >= 0.6 is 0 Å². The molecule has 1 aliphatic rings. The molecule has 166 valence electrons. The van der Waals surface area contributed by atoms with Gasteiger partial charge in [0.25, 0.3) is 0 Å². The molecule has 1 aromatic heterocycles. The van der Waals surface area contributed by atoms with Gasteiger partial charge in [0.05, 0.1) is 12.2 Å². The van der Waals surface area contributed by atoms with Crippen LogP contribution in [0.5, 0.6) is 5.75 Å². The minimum atomic E-state index is -4.40. The highest BCUT2D eigenvalue weighted by Gasteiger charge is 2.31. The molecular formula is C22H24F3N3O3. The zero-order valence-electron chi connectivity index (χ0n) is 17.2. The second-order valence-electron chi connectivity index (χ2n) is 7.30. The number of amides is 1. The van der Waals surface area contributed by atoms with Crippen molar-refractivity contribution < 1.29 is 27.5 Å². The van der Waals surface area contributed by atoms with Gasteiger partial charge in [0.1, 0.15) is 11.6 Å². The summed E-state index contributed by atoms with van der Waals surface area (Å²) in [5, 5.41) is 0. The Morgan fingerprint density at radius 1 is 1.03 bits per heavy atom. The largest absolute Gasteiger partial charge is 0.494 e. The summed E-state index contributed by atoms with van der Waals surface area (Å²) in [6.45, 7) is 3.91. The molecule has 0 aliphatic carbocycles. The molecule has 9 heteroatoms. The molecule has 1 aromatic carbocycles. The van der Waals surface area contributed by atoms with Crippen LogP contribution in [0, 0.1) is 0 Å². The van der Waals surface area contributed by atoms with E-state index in [0.717, 1.165) is 12.3 Å². The highest BCUT2D eigenvalue weighted by Crippen LogP contribution is 2.29. The van der Waals surface area contributed by atoms with Gasteiger partial charge < -0.3 is 14.5 Å². The number of ether oxygens (including phenoxy) is 1. The molecule has 1 saturated heterocycles. The van der Waals surface area contributed by atoms with E-state index in [1.165, 1.54) is 13.0 Å². The lowest BCUT2D eigenvalue weighted by Gasteiger charge is -2.35.